The van der Waals surface area contributed by atoms with Gasteiger partial charge in [0.05, 0.1) is 13.2 Å². The molecule has 25 heavy (non-hydrogen) atoms. The van der Waals surface area contributed by atoms with E-state index in [-0.39, 0.29) is 0 Å². The van der Waals surface area contributed by atoms with Crippen LogP contribution in [0.15, 0.2) is 24.3 Å². The summed E-state index contributed by atoms with van der Waals surface area (Å²) in [5.74, 6) is 0. The molecule has 0 amide bonds. The number of nitrogens with one attached hydrogen (secondary N) is 1. The van der Waals surface area contributed by atoms with Gasteiger partial charge in [0.15, 0.2) is 5.11 Å². The summed E-state index contributed by atoms with van der Waals surface area (Å²) in [5, 5.41) is 4.22. The fraction of sp³-hybridized carbons (Fsp3) is 0.632. The Morgan fingerprint density at radius 3 is 2.64 bits per heavy atom. The van der Waals surface area contributed by atoms with Crippen LogP contribution >= 0.6 is 12.2 Å². The summed E-state index contributed by atoms with van der Waals surface area (Å²) >= 11 is 5.58. The lowest BCUT2D eigenvalue weighted by molar-refractivity contribution is 0.0389. The quantitative estimate of drug-likeness (QED) is 0.778. The summed E-state index contributed by atoms with van der Waals surface area (Å²) in [6.45, 7) is 8.82. The van der Waals surface area contributed by atoms with Crippen LogP contribution in [0.5, 0.6) is 0 Å². The molecule has 1 aromatic carbocycles. The normalized spacial score (nSPS) is 18.4. The number of morpholine rings is 1. The lowest BCUT2D eigenvalue weighted by Gasteiger charge is -2.28. The van der Waals surface area contributed by atoms with Crippen LogP contribution < -0.4 is 10.2 Å². The Balaban J connectivity index is 1.48. The number of hydrogen-bond donors (Lipinski definition) is 1. The monoisotopic (exact) mass is 362 g/mol. The number of hydrogen-bond acceptors (Lipinski definition) is 4. The third kappa shape index (κ3) is 5.30. The van der Waals surface area contributed by atoms with E-state index >= 15 is 0 Å². The van der Waals surface area contributed by atoms with Crippen molar-refractivity contribution < 1.29 is 4.74 Å². The van der Waals surface area contributed by atoms with Crippen LogP contribution in [0.25, 0.3) is 0 Å². The zero-order valence-corrected chi connectivity index (χ0v) is 16.1. The smallest absolute Gasteiger partial charge is 0.169 e. The van der Waals surface area contributed by atoms with Gasteiger partial charge in [0.1, 0.15) is 0 Å². The van der Waals surface area contributed by atoms with Gasteiger partial charge in [-0.2, -0.15) is 0 Å². The van der Waals surface area contributed by atoms with E-state index in [2.05, 4.69) is 51.3 Å². The summed E-state index contributed by atoms with van der Waals surface area (Å²) < 4.78 is 5.39. The molecule has 0 atom stereocenters. The van der Waals surface area contributed by atoms with Gasteiger partial charge in [-0.1, -0.05) is 18.2 Å². The summed E-state index contributed by atoms with van der Waals surface area (Å²) in [5.41, 5.74) is 2.71. The molecule has 0 spiro atoms. The molecule has 6 heteroatoms. The van der Waals surface area contributed by atoms with Crippen LogP contribution in [0.3, 0.4) is 0 Å². The second kappa shape index (κ2) is 9.36. The molecule has 3 rings (SSSR count). The molecule has 0 aliphatic carbocycles. The summed E-state index contributed by atoms with van der Waals surface area (Å²) in [6.07, 6.45) is 2.59. The number of benzene rings is 1. The fourth-order valence-electron chi connectivity index (χ4n) is 3.52. The first-order valence-corrected chi connectivity index (χ1v) is 9.77. The second-order valence-electron chi connectivity index (χ2n) is 6.86. The molecule has 0 aromatic heterocycles. The fourth-order valence-corrected chi connectivity index (χ4v) is 3.69. The van der Waals surface area contributed by atoms with Gasteiger partial charge in [0.2, 0.25) is 0 Å². The highest BCUT2D eigenvalue weighted by atomic mass is 32.1. The summed E-state index contributed by atoms with van der Waals surface area (Å²) in [6, 6.07) is 8.72. The Hall–Kier alpha value is -1.37. The molecular formula is C19H30N4OS. The number of rotatable bonds is 6. The van der Waals surface area contributed by atoms with Crippen LogP contribution in [0, 0.1) is 0 Å². The van der Waals surface area contributed by atoms with Crippen molar-refractivity contribution >= 4 is 23.0 Å². The van der Waals surface area contributed by atoms with E-state index in [0.717, 1.165) is 51.0 Å². The predicted molar refractivity (Wildman–Crippen MR) is 107 cm³/mol. The molecule has 2 aliphatic heterocycles. The third-order valence-corrected chi connectivity index (χ3v) is 5.46. The average molecular weight is 363 g/mol. The van der Waals surface area contributed by atoms with Crippen LogP contribution in [-0.2, 0) is 11.3 Å². The van der Waals surface area contributed by atoms with Crippen molar-refractivity contribution in [2.75, 3.05) is 64.4 Å². The summed E-state index contributed by atoms with van der Waals surface area (Å²) in [4.78, 5) is 7.06. The van der Waals surface area contributed by atoms with E-state index in [1.807, 2.05) is 0 Å². The predicted octanol–water partition coefficient (Wildman–Crippen LogP) is 1.93. The second-order valence-corrected chi connectivity index (χ2v) is 7.25. The van der Waals surface area contributed by atoms with Gasteiger partial charge < -0.3 is 19.9 Å². The van der Waals surface area contributed by atoms with Gasteiger partial charge >= 0.3 is 0 Å². The topological polar surface area (TPSA) is 31.0 Å². The van der Waals surface area contributed by atoms with E-state index in [4.69, 9.17) is 17.0 Å². The van der Waals surface area contributed by atoms with E-state index < -0.39 is 0 Å². The molecule has 0 radical (unpaired) electrons. The molecule has 5 nitrogen and oxygen atoms in total. The average Bonchev–Trinajstić information content (AvgIpc) is 3.17. The van der Waals surface area contributed by atoms with Crippen LogP contribution in [0.4, 0.5) is 5.69 Å². The molecule has 2 saturated heterocycles. The maximum Gasteiger partial charge on any atom is 0.169 e. The zero-order valence-electron chi connectivity index (χ0n) is 15.2. The van der Waals surface area contributed by atoms with Gasteiger partial charge in [-0.15, -0.1) is 0 Å². The molecular weight excluding hydrogens is 332 g/mol. The Morgan fingerprint density at radius 2 is 1.88 bits per heavy atom. The Labute approximate surface area is 156 Å². The minimum Gasteiger partial charge on any atom is -0.379 e. The molecule has 138 valence electrons. The highest BCUT2D eigenvalue weighted by molar-refractivity contribution is 7.80. The highest BCUT2D eigenvalue weighted by Gasteiger charge is 2.17. The Kier molecular flexibility index (Phi) is 6.90. The molecule has 1 aromatic rings. The molecule has 2 aliphatic rings. The van der Waals surface area contributed by atoms with E-state index in [1.165, 1.54) is 37.2 Å². The molecule has 1 N–H and O–H groups in total. The first kappa shape index (κ1) is 18.4. The molecule has 2 heterocycles. The van der Waals surface area contributed by atoms with E-state index in [0.29, 0.717) is 0 Å². The maximum absolute atomic E-state index is 5.58. The van der Waals surface area contributed by atoms with Crippen LogP contribution in [0.2, 0.25) is 0 Å². The largest absolute Gasteiger partial charge is 0.379 e. The van der Waals surface area contributed by atoms with Gasteiger partial charge in [-0.3, -0.25) is 4.90 Å². The van der Waals surface area contributed by atoms with Crippen molar-refractivity contribution in [2.45, 2.75) is 19.4 Å². The van der Waals surface area contributed by atoms with Crippen molar-refractivity contribution in [3.05, 3.63) is 29.8 Å². The van der Waals surface area contributed by atoms with Crippen molar-refractivity contribution in [3.63, 3.8) is 0 Å². The Morgan fingerprint density at radius 1 is 1.16 bits per heavy atom. The van der Waals surface area contributed by atoms with Gasteiger partial charge in [-0.05, 0) is 36.7 Å². The van der Waals surface area contributed by atoms with Crippen molar-refractivity contribution in [3.8, 4) is 0 Å². The standard InChI is InChI=1S/C19H30N4OS/c1-21(19(25)20-8-11-22-12-14-24-15-13-22)16-17-6-2-3-7-18(17)23-9-4-5-10-23/h2-3,6-7H,4-5,8-16H2,1H3,(H,20,25). The third-order valence-electron chi connectivity index (χ3n) is 5.00. The van der Waals surface area contributed by atoms with Crippen molar-refractivity contribution in [2.24, 2.45) is 0 Å². The molecule has 2 fully saturated rings. The number of para-hydroxylation sites is 1. The van der Waals surface area contributed by atoms with Crippen LogP contribution in [-0.4, -0.2) is 74.4 Å². The number of ether oxygens (including phenoxy) is 1. The van der Waals surface area contributed by atoms with Gasteiger partial charge in [0, 0.05) is 58.5 Å². The van der Waals surface area contributed by atoms with E-state index in [1.54, 1.807) is 0 Å². The SMILES string of the molecule is CN(Cc1ccccc1N1CCCC1)C(=S)NCCN1CCOCC1. The Bertz CT molecular complexity index is 556. The van der Waals surface area contributed by atoms with Crippen molar-refractivity contribution in [1.29, 1.82) is 0 Å². The molecule has 0 saturated carbocycles. The number of anilines is 1. The zero-order chi connectivity index (χ0) is 17.5. The first-order chi connectivity index (χ1) is 12.2. The molecule has 0 unspecified atom stereocenters. The van der Waals surface area contributed by atoms with Gasteiger partial charge in [-0.25, -0.2) is 0 Å². The lowest BCUT2D eigenvalue weighted by Crippen LogP contribution is -2.44. The van der Waals surface area contributed by atoms with Crippen molar-refractivity contribution in [1.82, 2.24) is 15.1 Å². The number of nitrogens with zero attached hydrogens (tertiary/aromatic N) is 3. The maximum atomic E-state index is 5.58. The molecule has 0 bridgehead atoms. The lowest BCUT2D eigenvalue weighted by atomic mass is 10.1. The van der Waals surface area contributed by atoms with E-state index in [9.17, 15) is 0 Å². The summed E-state index contributed by atoms with van der Waals surface area (Å²) in [7, 11) is 2.07. The highest BCUT2D eigenvalue weighted by Crippen LogP contribution is 2.25. The van der Waals surface area contributed by atoms with Crippen LogP contribution in [0.1, 0.15) is 18.4 Å². The minimum absolute atomic E-state index is 0.824. The first-order valence-electron chi connectivity index (χ1n) is 9.36. The number of thiocarbonyl (C=S) groups is 1. The van der Waals surface area contributed by atoms with Gasteiger partial charge in [0.25, 0.3) is 0 Å². The minimum atomic E-state index is 0.824.